The van der Waals surface area contributed by atoms with Gasteiger partial charge in [-0.1, -0.05) is 18.2 Å². The quantitative estimate of drug-likeness (QED) is 0.849. The van der Waals surface area contributed by atoms with E-state index in [1.54, 1.807) is 6.20 Å². The largest absolute Gasteiger partial charge is 0.491 e. The lowest BCUT2D eigenvalue weighted by Gasteiger charge is -2.05. The summed E-state index contributed by atoms with van der Waals surface area (Å²) in [7, 11) is 0. The maximum absolute atomic E-state index is 8.63. The molecule has 16 heavy (non-hydrogen) atoms. The van der Waals surface area contributed by atoms with Gasteiger partial charge in [-0.15, -0.1) is 0 Å². The summed E-state index contributed by atoms with van der Waals surface area (Å²) in [6.07, 6.45) is 3.58. The summed E-state index contributed by atoms with van der Waals surface area (Å²) in [4.78, 5) is 4.07. The molecule has 2 rings (SSSR count). The summed E-state index contributed by atoms with van der Waals surface area (Å²) in [5, 5.41) is 8.63. The minimum atomic E-state index is 0.0321. The minimum absolute atomic E-state index is 0.0321. The Morgan fingerprint density at radius 1 is 1.06 bits per heavy atom. The second-order valence-corrected chi connectivity index (χ2v) is 3.34. The van der Waals surface area contributed by atoms with E-state index in [4.69, 9.17) is 9.84 Å². The van der Waals surface area contributed by atoms with Gasteiger partial charge in [0.1, 0.15) is 12.4 Å². The Bertz CT molecular complexity index is 425. The summed E-state index contributed by atoms with van der Waals surface area (Å²) in [6.45, 7) is 0.358. The number of aromatic nitrogens is 1. The van der Waals surface area contributed by atoms with Gasteiger partial charge >= 0.3 is 0 Å². The molecular weight excluding hydrogens is 202 g/mol. The van der Waals surface area contributed by atoms with Crippen LogP contribution in [0.3, 0.4) is 0 Å². The summed E-state index contributed by atoms with van der Waals surface area (Å²) in [6, 6.07) is 11.6. The van der Waals surface area contributed by atoms with Gasteiger partial charge in [0.25, 0.3) is 0 Å². The highest BCUT2D eigenvalue weighted by molar-refractivity contribution is 5.62. The lowest BCUT2D eigenvalue weighted by Crippen LogP contribution is -2.01. The number of hydrogen-bond donors (Lipinski definition) is 1. The van der Waals surface area contributed by atoms with Crippen molar-refractivity contribution in [2.45, 2.75) is 0 Å². The van der Waals surface area contributed by atoms with Crippen LogP contribution in [0.4, 0.5) is 0 Å². The van der Waals surface area contributed by atoms with Crippen LogP contribution in [0, 0.1) is 0 Å². The van der Waals surface area contributed by atoms with Crippen LogP contribution in [-0.2, 0) is 0 Å². The third kappa shape index (κ3) is 2.58. The zero-order chi connectivity index (χ0) is 11.2. The Morgan fingerprint density at radius 2 is 1.88 bits per heavy atom. The molecular formula is C13H13NO2. The number of pyridine rings is 1. The highest BCUT2D eigenvalue weighted by Crippen LogP contribution is 2.21. The average molecular weight is 215 g/mol. The van der Waals surface area contributed by atoms with Crippen LogP contribution in [0.2, 0.25) is 0 Å². The fourth-order valence-corrected chi connectivity index (χ4v) is 1.44. The molecule has 0 fully saturated rings. The van der Waals surface area contributed by atoms with Crippen molar-refractivity contribution < 1.29 is 9.84 Å². The van der Waals surface area contributed by atoms with Crippen molar-refractivity contribution in [3.05, 3.63) is 48.8 Å². The summed E-state index contributed by atoms with van der Waals surface area (Å²) < 4.78 is 5.28. The van der Waals surface area contributed by atoms with Crippen LogP contribution in [-0.4, -0.2) is 23.3 Å². The lowest BCUT2D eigenvalue weighted by molar-refractivity contribution is 0.201. The second-order valence-electron chi connectivity index (χ2n) is 3.34. The molecule has 1 aromatic carbocycles. The molecule has 0 atom stereocenters. The third-order valence-electron chi connectivity index (χ3n) is 2.21. The average Bonchev–Trinajstić information content (AvgIpc) is 2.38. The smallest absolute Gasteiger partial charge is 0.119 e. The normalized spacial score (nSPS) is 10.1. The minimum Gasteiger partial charge on any atom is -0.491 e. The number of benzene rings is 1. The molecule has 0 radical (unpaired) electrons. The highest BCUT2D eigenvalue weighted by atomic mass is 16.5. The first-order chi connectivity index (χ1) is 7.90. The van der Waals surface area contributed by atoms with Crippen molar-refractivity contribution in [1.29, 1.82) is 0 Å². The maximum atomic E-state index is 8.63. The zero-order valence-electron chi connectivity index (χ0n) is 8.84. The van der Waals surface area contributed by atoms with E-state index >= 15 is 0 Å². The van der Waals surface area contributed by atoms with E-state index in [2.05, 4.69) is 4.98 Å². The van der Waals surface area contributed by atoms with Gasteiger partial charge in [0.2, 0.25) is 0 Å². The molecule has 0 saturated heterocycles. The molecule has 0 amide bonds. The Kier molecular flexibility index (Phi) is 3.51. The van der Waals surface area contributed by atoms with E-state index in [0.717, 1.165) is 16.9 Å². The van der Waals surface area contributed by atoms with Crippen LogP contribution in [0.15, 0.2) is 48.8 Å². The number of aliphatic hydroxyl groups is 1. The standard InChI is InChI=1S/C13H13NO2/c15-8-9-16-13-5-3-11(4-6-13)12-2-1-7-14-10-12/h1-7,10,15H,8-9H2. The molecule has 0 aliphatic carbocycles. The van der Waals surface area contributed by atoms with Crippen LogP contribution in [0.5, 0.6) is 5.75 Å². The van der Waals surface area contributed by atoms with E-state index in [9.17, 15) is 0 Å². The third-order valence-corrected chi connectivity index (χ3v) is 2.21. The van der Waals surface area contributed by atoms with Crippen molar-refractivity contribution in [3.8, 4) is 16.9 Å². The topological polar surface area (TPSA) is 42.4 Å². The molecule has 1 aromatic heterocycles. The first kappa shape index (κ1) is 10.6. The van der Waals surface area contributed by atoms with E-state index in [-0.39, 0.29) is 6.61 Å². The first-order valence-electron chi connectivity index (χ1n) is 5.14. The second kappa shape index (κ2) is 5.28. The van der Waals surface area contributed by atoms with E-state index in [0.29, 0.717) is 6.61 Å². The van der Waals surface area contributed by atoms with Crippen molar-refractivity contribution in [2.75, 3.05) is 13.2 Å². The van der Waals surface area contributed by atoms with Gasteiger partial charge in [-0.25, -0.2) is 0 Å². The Morgan fingerprint density at radius 3 is 2.50 bits per heavy atom. The van der Waals surface area contributed by atoms with Crippen molar-refractivity contribution >= 4 is 0 Å². The molecule has 0 aliphatic heterocycles. The van der Waals surface area contributed by atoms with Gasteiger partial charge in [-0.2, -0.15) is 0 Å². The van der Waals surface area contributed by atoms with Crippen LogP contribution < -0.4 is 4.74 Å². The predicted octanol–water partition coefficient (Wildman–Crippen LogP) is 2.12. The summed E-state index contributed by atoms with van der Waals surface area (Å²) in [5.74, 6) is 0.765. The summed E-state index contributed by atoms with van der Waals surface area (Å²) >= 11 is 0. The monoisotopic (exact) mass is 215 g/mol. The molecule has 0 unspecified atom stereocenters. The molecule has 3 heteroatoms. The SMILES string of the molecule is OCCOc1ccc(-c2cccnc2)cc1. The number of nitrogens with zero attached hydrogens (tertiary/aromatic N) is 1. The van der Waals surface area contributed by atoms with Gasteiger partial charge in [-0.3, -0.25) is 4.98 Å². The van der Waals surface area contributed by atoms with E-state index < -0.39 is 0 Å². The molecule has 2 aromatic rings. The van der Waals surface area contributed by atoms with E-state index in [1.807, 2.05) is 42.6 Å². The first-order valence-corrected chi connectivity index (χ1v) is 5.14. The van der Waals surface area contributed by atoms with Gasteiger partial charge in [0.15, 0.2) is 0 Å². The number of rotatable bonds is 4. The van der Waals surface area contributed by atoms with Gasteiger partial charge in [0.05, 0.1) is 6.61 Å². The van der Waals surface area contributed by atoms with Crippen LogP contribution >= 0.6 is 0 Å². The summed E-state index contributed by atoms with van der Waals surface area (Å²) in [5.41, 5.74) is 2.18. The highest BCUT2D eigenvalue weighted by Gasteiger charge is 1.97. The predicted molar refractivity (Wildman–Crippen MR) is 62.3 cm³/mol. The van der Waals surface area contributed by atoms with Crippen LogP contribution in [0.1, 0.15) is 0 Å². The fraction of sp³-hybridized carbons (Fsp3) is 0.154. The zero-order valence-corrected chi connectivity index (χ0v) is 8.84. The molecule has 0 aliphatic rings. The van der Waals surface area contributed by atoms with Crippen LogP contribution in [0.25, 0.3) is 11.1 Å². The number of ether oxygens (including phenoxy) is 1. The molecule has 1 N–H and O–H groups in total. The van der Waals surface area contributed by atoms with Gasteiger partial charge in [-0.05, 0) is 29.3 Å². The molecule has 1 heterocycles. The Hall–Kier alpha value is -1.87. The van der Waals surface area contributed by atoms with Gasteiger partial charge < -0.3 is 9.84 Å². The molecule has 0 bridgehead atoms. The Balaban J connectivity index is 2.13. The number of aliphatic hydroxyl groups excluding tert-OH is 1. The Labute approximate surface area is 94.3 Å². The van der Waals surface area contributed by atoms with Gasteiger partial charge in [0, 0.05) is 12.4 Å². The van der Waals surface area contributed by atoms with E-state index in [1.165, 1.54) is 0 Å². The molecule has 3 nitrogen and oxygen atoms in total. The maximum Gasteiger partial charge on any atom is 0.119 e. The van der Waals surface area contributed by atoms with Crippen molar-refractivity contribution in [1.82, 2.24) is 4.98 Å². The number of hydrogen-bond acceptors (Lipinski definition) is 3. The lowest BCUT2D eigenvalue weighted by atomic mass is 10.1. The molecule has 0 saturated carbocycles. The van der Waals surface area contributed by atoms with Crippen molar-refractivity contribution in [2.24, 2.45) is 0 Å². The molecule has 0 spiro atoms. The molecule has 82 valence electrons. The fourth-order valence-electron chi connectivity index (χ4n) is 1.44. The van der Waals surface area contributed by atoms with Crippen molar-refractivity contribution in [3.63, 3.8) is 0 Å².